The fourth-order valence-electron chi connectivity index (χ4n) is 1.24. The number of halogens is 1. The Morgan fingerprint density at radius 1 is 1.53 bits per heavy atom. The molecule has 0 aromatic carbocycles. The quantitative estimate of drug-likeness (QED) is 0.862. The molecule has 1 heterocycles. The smallest absolute Gasteiger partial charge is 0.214 e. The lowest BCUT2D eigenvalue weighted by Crippen LogP contribution is -2.32. The molecule has 0 spiro atoms. The summed E-state index contributed by atoms with van der Waals surface area (Å²) in [7, 11) is -0.00439. The Morgan fingerprint density at radius 2 is 2.18 bits per heavy atom. The molecule has 98 valence electrons. The van der Waals surface area contributed by atoms with Gasteiger partial charge in [0, 0.05) is 41.4 Å². The lowest BCUT2D eigenvalue weighted by atomic mass is 10.3. The highest BCUT2D eigenvalue weighted by Crippen LogP contribution is 2.25. The molecule has 1 rings (SSSR count). The van der Waals surface area contributed by atoms with E-state index in [1.807, 2.05) is 18.4 Å². The van der Waals surface area contributed by atoms with Crippen LogP contribution in [0.3, 0.4) is 0 Å². The first-order chi connectivity index (χ1) is 7.83. The van der Waals surface area contributed by atoms with Crippen LogP contribution < -0.4 is 5.32 Å². The van der Waals surface area contributed by atoms with Gasteiger partial charge in [-0.2, -0.15) is 0 Å². The highest BCUT2D eigenvalue weighted by atomic mass is 79.9. The predicted octanol–water partition coefficient (Wildman–Crippen LogP) is 2.05. The third kappa shape index (κ3) is 4.67. The van der Waals surface area contributed by atoms with E-state index >= 15 is 0 Å². The van der Waals surface area contributed by atoms with Crippen LogP contribution in [0.15, 0.2) is 15.9 Å². The van der Waals surface area contributed by atoms with E-state index in [0.717, 1.165) is 4.47 Å². The van der Waals surface area contributed by atoms with Crippen molar-refractivity contribution in [2.45, 2.75) is 13.0 Å². The van der Waals surface area contributed by atoms with Crippen molar-refractivity contribution >= 4 is 37.3 Å². The second kappa shape index (κ2) is 6.29. The molecule has 1 aromatic rings. The highest BCUT2D eigenvalue weighted by molar-refractivity contribution is 9.10. The maximum Gasteiger partial charge on any atom is 0.214 e. The second-order valence-corrected chi connectivity index (χ2v) is 8.10. The van der Waals surface area contributed by atoms with Crippen molar-refractivity contribution < 1.29 is 8.42 Å². The van der Waals surface area contributed by atoms with Crippen LogP contribution in [0, 0.1) is 0 Å². The number of thiophene rings is 1. The van der Waals surface area contributed by atoms with E-state index in [-0.39, 0.29) is 11.8 Å². The maximum atomic E-state index is 11.5. The summed E-state index contributed by atoms with van der Waals surface area (Å²) >= 11 is 5.05. The monoisotopic (exact) mass is 340 g/mol. The molecule has 17 heavy (non-hydrogen) atoms. The van der Waals surface area contributed by atoms with Crippen molar-refractivity contribution in [1.29, 1.82) is 0 Å². The Hall–Kier alpha value is 0.0500. The van der Waals surface area contributed by atoms with Crippen molar-refractivity contribution in [3.8, 4) is 0 Å². The van der Waals surface area contributed by atoms with Gasteiger partial charge in [0.05, 0.1) is 5.75 Å². The molecule has 0 aliphatic heterocycles. The van der Waals surface area contributed by atoms with E-state index in [1.54, 1.807) is 25.4 Å². The zero-order valence-corrected chi connectivity index (χ0v) is 13.3. The summed E-state index contributed by atoms with van der Waals surface area (Å²) in [4.78, 5) is 1.19. The minimum absolute atomic E-state index is 0.122. The molecule has 0 aliphatic rings. The van der Waals surface area contributed by atoms with Gasteiger partial charge in [-0.05, 0) is 28.9 Å². The molecule has 1 aromatic heterocycles. The molecular formula is C10H17BrN2O2S2. The summed E-state index contributed by atoms with van der Waals surface area (Å²) in [5.41, 5.74) is 0. The van der Waals surface area contributed by atoms with Crippen molar-refractivity contribution in [3.05, 3.63) is 20.8 Å². The SMILES string of the molecule is CC(NCCS(=O)(=O)N(C)C)c1cc(Br)cs1. The molecular weight excluding hydrogens is 324 g/mol. The Kier molecular flexibility index (Phi) is 5.59. The third-order valence-corrected chi connectivity index (χ3v) is 6.09. The normalized spacial score (nSPS) is 14.2. The second-order valence-electron chi connectivity index (χ2n) is 3.94. The summed E-state index contributed by atoms with van der Waals surface area (Å²) in [6.07, 6.45) is 0. The third-order valence-electron chi connectivity index (χ3n) is 2.38. The molecule has 0 radical (unpaired) electrons. The first kappa shape index (κ1) is 15.1. The fraction of sp³-hybridized carbons (Fsp3) is 0.600. The zero-order valence-electron chi connectivity index (χ0n) is 10.1. The van der Waals surface area contributed by atoms with Crippen LogP contribution in [0.1, 0.15) is 17.8 Å². The predicted molar refractivity (Wildman–Crippen MR) is 75.9 cm³/mol. The maximum absolute atomic E-state index is 11.5. The molecule has 1 atom stereocenters. The lowest BCUT2D eigenvalue weighted by molar-refractivity contribution is 0.513. The minimum atomic E-state index is -3.11. The van der Waals surface area contributed by atoms with Gasteiger partial charge in [-0.25, -0.2) is 12.7 Å². The highest BCUT2D eigenvalue weighted by Gasteiger charge is 2.14. The van der Waals surface area contributed by atoms with Gasteiger partial charge in [-0.3, -0.25) is 0 Å². The van der Waals surface area contributed by atoms with Gasteiger partial charge in [0.2, 0.25) is 10.0 Å². The van der Waals surface area contributed by atoms with Gasteiger partial charge < -0.3 is 5.32 Å². The van der Waals surface area contributed by atoms with E-state index in [9.17, 15) is 8.42 Å². The van der Waals surface area contributed by atoms with Gasteiger partial charge >= 0.3 is 0 Å². The first-order valence-corrected chi connectivity index (χ1v) is 8.48. The average Bonchev–Trinajstić information content (AvgIpc) is 2.64. The van der Waals surface area contributed by atoms with Gasteiger partial charge in [-0.15, -0.1) is 11.3 Å². The largest absolute Gasteiger partial charge is 0.308 e. The molecule has 0 fully saturated rings. The summed E-state index contributed by atoms with van der Waals surface area (Å²) in [6.45, 7) is 2.48. The Morgan fingerprint density at radius 3 is 2.65 bits per heavy atom. The lowest BCUT2D eigenvalue weighted by Gasteiger charge is -2.14. The number of rotatable bonds is 6. The Labute approximate surface area is 115 Å². The molecule has 1 unspecified atom stereocenters. The molecule has 0 bridgehead atoms. The van der Waals surface area contributed by atoms with E-state index in [2.05, 4.69) is 21.2 Å². The molecule has 0 amide bonds. The van der Waals surface area contributed by atoms with E-state index < -0.39 is 10.0 Å². The van der Waals surface area contributed by atoms with Gasteiger partial charge in [0.25, 0.3) is 0 Å². The van der Waals surface area contributed by atoms with Gasteiger partial charge in [0.1, 0.15) is 0 Å². The van der Waals surface area contributed by atoms with Crippen molar-refractivity contribution in [1.82, 2.24) is 9.62 Å². The summed E-state index contributed by atoms with van der Waals surface area (Å²) < 4.78 is 25.4. The van der Waals surface area contributed by atoms with Crippen molar-refractivity contribution in [2.75, 3.05) is 26.4 Å². The van der Waals surface area contributed by atoms with Crippen molar-refractivity contribution in [3.63, 3.8) is 0 Å². The summed E-state index contributed by atoms with van der Waals surface area (Å²) in [5.74, 6) is 0.122. The number of nitrogens with zero attached hydrogens (tertiary/aromatic N) is 1. The van der Waals surface area contributed by atoms with Crippen LogP contribution in [-0.2, 0) is 10.0 Å². The topological polar surface area (TPSA) is 49.4 Å². The van der Waals surface area contributed by atoms with Crippen LogP contribution in [0.5, 0.6) is 0 Å². The first-order valence-electron chi connectivity index (χ1n) is 5.20. The Bertz CT molecular complexity index is 457. The van der Waals surface area contributed by atoms with Crippen LogP contribution >= 0.6 is 27.3 Å². The number of hydrogen-bond acceptors (Lipinski definition) is 4. The van der Waals surface area contributed by atoms with Crippen LogP contribution in [-0.4, -0.2) is 39.1 Å². The van der Waals surface area contributed by atoms with Gasteiger partial charge in [0.15, 0.2) is 0 Å². The molecule has 7 heteroatoms. The van der Waals surface area contributed by atoms with Crippen LogP contribution in [0.4, 0.5) is 0 Å². The molecule has 0 aliphatic carbocycles. The van der Waals surface area contributed by atoms with Gasteiger partial charge in [-0.1, -0.05) is 0 Å². The van der Waals surface area contributed by atoms with E-state index in [4.69, 9.17) is 0 Å². The number of nitrogens with one attached hydrogen (secondary N) is 1. The number of hydrogen-bond donors (Lipinski definition) is 1. The minimum Gasteiger partial charge on any atom is -0.308 e. The summed E-state index contributed by atoms with van der Waals surface area (Å²) in [5, 5.41) is 5.22. The fourth-order valence-corrected chi connectivity index (χ4v) is 3.46. The molecule has 0 saturated carbocycles. The molecule has 1 N–H and O–H groups in total. The Balaban J connectivity index is 2.42. The van der Waals surface area contributed by atoms with Crippen LogP contribution in [0.2, 0.25) is 0 Å². The average molecular weight is 341 g/mol. The standard InChI is InChI=1S/C10H17BrN2O2S2/c1-8(10-6-9(11)7-16-10)12-4-5-17(14,15)13(2)3/h6-8,12H,4-5H2,1-3H3. The van der Waals surface area contributed by atoms with E-state index in [0.29, 0.717) is 6.54 Å². The molecule has 4 nitrogen and oxygen atoms in total. The van der Waals surface area contributed by atoms with Crippen molar-refractivity contribution in [2.24, 2.45) is 0 Å². The van der Waals surface area contributed by atoms with E-state index in [1.165, 1.54) is 9.18 Å². The number of sulfonamides is 1. The zero-order chi connectivity index (χ0) is 13.1. The summed E-state index contributed by atoms with van der Waals surface area (Å²) in [6, 6.07) is 2.21. The van der Waals surface area contributed by atoms with Crippen LogP contribution in [0.25, 0.3) is 0 Å². The molecule has 0 saturated heterocycles.